The topological polar surface area (TPSA) is 42.0 Å². The number of halogens is 1. The first kappa shape index (κ1) is 17.5. The van der Waals surface area contributed by atoms with Crippen LogP contribution in [0.1, 0.15) is 48.0 Å². The summed E-state index contributed by atoms with van der Waals surface area (Å²) in [6, 6.07) is 12.2. The van der Waals surface area contributed by atoms with Crippen LogP contribution < -0.4 is 5.32 Å². The van der Waals surface area contributed by atoms with Crippen LogP contribution >= 0.6 is 27.7 Å². The Morgan fingerprint density at radius 3 is 2.83 bits per heavy atom. The Bertz CT molecular complexity index is 701. The SMILES string of the molecule is O=C(NC1CCCCC1)c1cccnc1SCc1cccc(Br)c1. The number of benzene rings is 1. The molecule has 1 heterocycles. The van der Waals surface area contributed by atoms with Gasteiger partial charge < -0.3 is 5.32 Å². The summed E-state index contributed by atoms with van der Waals surface area (Å²) in [5, 5.41) is 3.98. The van der Waals surface area contributed by atoms with E-state index in [1.54, 1.807) is 18.0 Å². The van der Waals surface area contributed by atoms with E-state index in [0.717, 1.165) is 28.1 Å². The van der Waals surface area contributed by atoms with E-state index in [-0.39, 0.29) is 5.91 Å². The Morgan fingerprint density at radius 1 is 1.21 bits per heavy atom. The lowest BCUT2D eigenvalue weighted by atomic mass is 9.95. The molecule has 1 aliphatic carbocycles. The second-order valence-electron chi connectivity index (χ2n) is 6.08. The fraction of sp³-hybridized carbons (Fsp3) is 0.368. The molecule has 5 heteroatoms. The van der Waals surface area contributed by atoms with Gasteiger partial charge in [0.05, 0.1) is 5.56 Å². The monoisotopic (exact) mass is 404 g/mol. The highest BCUT2D eigenvalue weighted by Gasteiger charge is 2.19. The van der Waals surface area contributed by atoms with Crippen molar-refractivity contribution in [3.05, 3.63) is 58.2 Å². The quantitative estimate of drug-likeness (QED) is 0.696. The van der Waals surface area contributed by atoms with Crippen LogP contribution in [0.15, 0.2) is 52.1 Å². The predicted molar refractivity (Wildman–Crippen MR) is 102 cm³/mol. The number of nitrogens with zero attached hydrogens (tertiary/aromatic N) is 1. The molecule has 0 bridgehead atoms. The maximum absolute atomic E-state index is 12.6. The van der Waals surface area contributed by atoms with Crippen molar-refractivity contribution in [2.75, 3.05) is 0 Å². The normalized spacial score (nSPS) is 15.2. The van der Waals surface area contributed by atoms with Gasteiger partial charge in [-0.1, -0.05) is 47.3 Å². The molecule has 3 nitrogen and oxygen atoms in total. The van der Waals surface area contributed by atoms with E-state index in [1.807, 2.05) is 24.3 Å². The molecular weight excluding hydrogens is 384 g/mol. The van der Waals surface area contributed by atoms with Gasteiger partial charge in [-0.3, -0.25) is 4.79 Å². The zero-order chi connectivity index (χ0) is 16.8. The molecule has 0 spiro atoms. The fourth-order valence-corrected chi connectivity index (χ4v) is 4.35. The standard InChI is InChI=1S/C19H21BrN2OS/c20-15-7-4-6-14(12-15)13-24-19-17(10-5-11-21-19)18(23)22-16-8-2-1-3-9-16/h4-7,10-12,16H,1-3,8-9,13H2,(H,22,23). The molecule has 1 aromatic heterocycles. The second kappa shape index (κ2) is 8.67. The van der Waals surface area contributed by atoms with E-state index >= 15 is 0 Å². The van der Waals surface area contributed by atoms with Crippen molar-refractivity contribution in [3.63, 3.8) is 0 Å². The van der Waals surface area contributed by atoms with Gasteiger partial charge in [0.25, 0.3) is 5.91 Å². The van der Waals surface area contributed by atoms with Crippen molar-refractivity contribution in [3.8, 4) is 0 Å². The number of thioether (sulfide) groups is 1. The summed E-state index contributed by atoms with van der Waals surface area (Å²) in [7, 11) is 0. The molecule has 126 valence electrons. The minimum Gasteiger partial charge on any atom is -0.349 e. The third-order valence-corrected chi connectivity index (χ3v) is 5.79. The molecule has 0 saturated heterocycles. The Balaban J connectivity index is 1.66. The average Bonchev–Trinajstić information content (AvgIpc) is 2.61. The summed E-state index contributed by atoms with van der Waals surface area (Å²) in [5.41, 5.74) is 1.89. The molecule has 0 atom stereocenters. The van der Waals surface area contributed by atoms with Crippen molar-refractivity contribution < 1.29 is 4.79 Å². The molecule has 1 fully saturated rings. The largest absolute Gasteiger partial charge is 0.349 e. The lowest BCUT2D eigenvalue weighted by molar-refractivity contribution is 0.0924. The molecule has 1 saturated carbocycles. The summed E-state index contributed by atoms with van der Waals surface area (Å²) in [5.74, 6) is 0.798. The first-order chi connectivity index (χ1) is 11.7. The van der Waals surface area contributed by atoms with Crippen molar-refractivity contribution in [2.45, 2.75) is 48.9 Å². The molecule has 2 aromatic rings. The Morgan fingerprint density at radius 2 is 2.04 bits per heavy atom. The van der Waals surface area contributed by atoms with Crippen LogP contribution in [0.5, 0.6) is 0 Å². The fourth-order valence-electron chi connectivity index (χ4n) is 2.97. The highest BCUT2D eigenvalue weighted by atomic mass is 79.9. The summed E-state index contributed by atoms with van der Waals surface area (Å²) in [4.78, 5) is 17.0. The number of hydrogen-bond donors (Lipinski definition) is 1. The first-order valence-electron chi connectivity index (χ1n) is 8.35. The summed E-state index contributed by atoms with van der Waals surface area (Å²) in [6.07, 6.45) is 7.64. The lowest BCUT2D eigenvalue weighted by Crippen LogP contribution is -2.36. The van der Waals surface area contributed by atoms with Gasteiger partial charge in [-0.25, -0.2) is 4.98 Å². The minimum absolute atomic E-state index is 0.00624. The molecule has 0 unspecified atom stereocenters. The molecule has 1 aliphatic rings. The van der Waals surface area contributed by atoms with Gasteiger partial charge >= 0.3 is 0 Å². The lowest BCUT2D eigenvalue weighted by Gasteiger charge is -2.23. The van der Waals surface area contributed by atoms with Crippen LogP contribution in [-0.4, -0.2) is 16.9 Å². The highest BCUT2D eigenvalue weighted by Crippen LogP contribution is 2.26. The first-order valence-corrected chi connectivity index (χ1v) is 10.1. The second-order valence-corrected chi connectivity index (χ2v) is 7.96. The third kappa shape index (κ3) is 4.84. The van der Waals surface area contributed by atoms with E-state index in [1.165, 1.54) is 24.8 Å². The number of carbonyl (C=O) groups excluding carboxylic acids is 1. The van der Waals surface area contributed by atoms with Crippen molar-refractivity contribution in [1.82, 2.24) is 10.3 Å². The van der Waals surface area contributed by atoms with Crippen LogP contribution in [0.4, 0.5) is 0 Å². The van der Waals surface area contributed by atoms with E-state index in [4.69, 9.17) is 0 Å². The van der Waals surface area contributed by atoms with Gasteiger partial charge in [0.2, 0.25) is 0 Å². The van der Waals surface area contributed by atoms with Gasteiger partial charge in [-0.15, -0.1) is 11.8 Å². The van der Waals surface area contributed by atoms with Gasteiger partial charge in [-0.2, -0.15) is 0 Å². The molecule has 0 radical (unpaired) electrons. The number of rotatable bonds is 5. The number of pyridine rings is 1. The van der Waals surface area contributed by atoms with Gasteiger partial charge in [0.15, 0.2) is 0 Å². The molecule has 3 rings (SSSR count). The van der Waals surface area contributed by atoms with E-state index < -0.39 is 0 Å². The summed E-state index contributed by atoms with van der Waals surface area (Å²) < 4.78 is 1.07. The molecule has 24 heavy (non-hydrogen) atoms. The zero-order valence-electron chi connectivity index (χ0n) is 13.5. The molecular formula is C19H21BrN2OS. The van der Waals surface area contributed by atoms with Gasteiger partial charge in [0, 0.05) is 22.5 Å². The minimum atomic E-state index is 0.00624. The maximum Gasteiger partial charge on any atom is 0.254 e. The van der Waals surface area contributed by atoms with Crippen LogP contribution in [0, 0.1) is 0 Å². The van der Waals surface area contributed by atoms with Crippen LogP contribution in [0.3, 0.4) is 0 Å². The smallest absolute Gasteiger partial charge is 0.254 e. The van der Waals surface area contributed by atoms with Crippen molar-refractivity contribution in [2.24, 2.45) is 0 Å². The van der Waals surface area contributed by atoms with E-state index in [2.05, 4.69) is 38.4 Å². The number of carbonyl (C=O) groups is 1. The average molecular weight is 405 g/mol. The molecule has 1 amide bonds. The van der Waals surface area contributed by atoms with Gasteiger partial charge in [-0.05, 0) is 42.7 Å². The Hall–Kier alpha value is -1.33. The Kier molecular flexibility index (Phi) is 6.32. The number of amides is 1. The highest BCUT2D eigenvalue weighted by molar-refractivity contribution is 9.10. The molecule has 0 aliphatic heterocycles. The molecule has 1 N–H and O–H groups in total. The van der Waals surface area contributed by atoms with Gasteiger partial charge in [0.1, 0.15) is 5.03 Å². The van der Waals surface area contributed by atoms with Crippen molar-refractivity contribution in [1.29, 1.82) is 0 Å². The summed E-state index contributed by atoms with van der Waals surface area (Å²) >= 11 is 5.10. The third-order valence-electron chi connectivity index (χ3n) is 4.22. The van der Waals surface area contributed by atoms with Crippen LogP contribution in [0.25, 0.3) is 0 Å². The number of aromatic nitrogens is 1. The zero-order valence-corrected chi connectivity index (χ0v) is 15.9. The van der Waals surface area contributed by atoms with Crippen LogP contribution in [-0.2, 0) is 5.75 Å². The number of nitrogens with one attached hydrogen (secondary N) is 1. The predicted octanol–water partition coefficient (Wildman–Crippen LogP) is 5.20. The number of hydrogen-bond acceptors (Lipinski definition) is 3. The van der Waals surface area contributed by atoms with E-state index in [9.17, 15) is 4.79 Å². The van der Waals surface area contributed by atoms with Crippen molar-refractivity contribution >= 4 is 33.6 Å². The molecule has 1 aromatic carbocycles. The summed E-state index contributed by atoms with van der Waals surface area (Å²) in [6.45, 7) is 0. The van der Waals surface area contributed by atoms with Crippen LogP contribution in [0.2, 0.25) is 0 Å². The Labute approximate surface area is 155 Å². The maximum atomic E-state index is 12.6. The van der Waals surface area contributed by atoms with E-state index in [0.29, 0.717) is 11.6 Å².